The van der Waals surface area contributed by atoms with Crippen LogP contribution in [0.15, 0.2) is 12.2 Å². The van der Waals surface area contributed by atoms with Crippen molar-refractivity contribution in [3.05, 3.63) is 12.2 Å². The van der Waals surface area contributed by atoms with Crippen molar-refractivity contribution >= 4 is 0 Å². The molecule has 3 N–H and O–H groups in total. The Bertz CT molecular complexity index is 350. The summed E-state index contributed by atoms with van der Waals surface area (Å²) >= 11 is 0. The standard InChI is InChI=1S/C15H26O3/c1-11-5-4-7-13(2)8-6-12(9-15(11,13)18)14(3,17)10-16/h12,16-18H,1,4-10H2,2-3H3/t12-,13-,14-,15-/m1/s1. The van der Waals surface area contributed by atoms with Crippen LogP contribution in [0, 0.1) is 11.3 Å². The lowest BCUT2D eigenvalue weighted by Crippen LogP contribution is -2.57. The lowest BCUT2D eigenvalue weighted by atomic mass is 9.52. The molecule has 0 aromatic heterocycles. The summed E-state index contributed by atoms with van der Waals surface area (Å²) in [6.45, 7) is 7.61. The van der Waals surface area contributed by atoms with Crippen LogP contribution in [-0.4, -0.2) is 33.1 Å². The minimum atomic E-state index is -1.10. The fourth-order valence-corrected chi connectivity index (χ4v) is 3.87. The highest BCUT2D eigenvalue weighted by atomic mass is 16.3. The second-order valence-electron chi connectivity index (χ2n) is 6.83. The summed E-state index contributed by atoms with van der Waals surface area (Å²) in [5.41, 5.74) is -1.17. The van der Waals surface area contributed by atoms with Gasteiger partial charge >= 0.3 is 0 Å². The fourth-order valence-electron chi connectivity index (χ4n) is 3.87. The summed E-state index contributed by atoms with van der Waals surface area (Å²) in [4.78, 5) is 0. The van der Waals surface area contributed by atoms with Crippen LogP contribution in [-0.2, 0) is 0 Å². The quantitative estimate of drug-likeness (QED) is 0.661. The van der Waals surface area contributed by atoms with Crippen molar-refractivity contribution in [2.75, 3.05) is 6.61 Å². The van der Waals surface area contributed by atoms with Crippen LogP contribution in [0.1, 0.15) is 52.4 Å². The van der Waals surface area contributed by atoms with Crippen molar-refractivity contribution in [2.24, 2.45) is 11.3 Å². The van der Waals surface area contributed by atoms with E-state index in [1.165, 1.54) is 0 Å². The first-order valence-electron chi connectivity index (χ1n) is 6.99. The summed E-state index contributed by atoms with van der Waals surface area (Å²) in [5.74, 6) is -0.0598. The Morgan fingerprint density at radius 3 is 2.72 bits per heavy atom. The summed E-state index contributed by atoms with van der Waals surface area (Å²) in [5, 5.41) is 30.6. The summed E-state index contributed by atoms with van der Waals surface area (Å²) in [6, 6.07) is 0. The first-order chi connectivity index (χ1) is 8.25. The molecule has 0 bridgehead atoms. The maximum atomic E-state index is 11.1. The number of fused-ring (bicyclic) bond motifs is 1. The molecule has 2 fully saturated rings. The average molecular weight is 254 g/mol. The van der Waals surface area contributed by atoms with Crippen molar-refractivity contribution in [3.8, 4) is 0 Å². The molecule has 0 aromatic rings. The predicted octanol–water partition coefficient (Wildman–Crippen LogP) is 2.01. The minimum Gasteiger partial charge on any atom is -0.393 e. The van der Waals surface area contributed by atoms with Gasteiger partial charge in [-0.2, -0.15) is 0 Å². The molecular weight excluding hydrogens is 228 g/mol. The topological polar surface area (TPSA) is 60.7 Å². The molecule has 3 heteroatoms. The number of rotatable bonds is 2. The van der Waals surface area contributed by atoms with Gasteiger partial charge in [0.1, 0.15) is 0 Å². The summed E-state index contributed by atoms with van der Waals surface area (Å²) in [6.07, 6.45) is 5.27. The summed E-state index contributed by atoms with van der Waals surface area (Å²) in [7, 11) is 0. The van der Waals surface area contributed by atoms with E-state index in [0.717, 1.165) is 37.7 Å². The molecule has 0 unspecified atom stereocenters. The maximum Gasteiger partial charge on any atom is 0.0911 e. The summed E-state index contributed by atoms with van der Waals surface area (Å²) < 4.78 is 0. The van der Waals surface area contributed by atoms with Gasteiger partial charge in [0, 0.05) is 5.41 Å². The highest BCUT2D eigenvalue weighted by Crippen LogP contribution is 2.57. The van der Waals surface area contributed by atoms with Crippen LogP contribution in [0.25, 0.3) is 0 Å². The Hall–Kier alpha value is -0.380. The van der Waals surface area contributed by atoms with E-state index in [1.54, 1.807) is 6.92 Å². The monoisotopic (exact) mass is 254 g/mol. The molecule has 0 saturated heterocycles. The lowest BCUT2D eigenvalue weighted by Gasteiger charge is -2.56. The molecule has 4 atom stereocenters. The van der Waals surface area contributed by atoms with Crippen LogP contribution in [0.4, 0.5) is 0 Å². The number of aliphatic hydroxyl groups is 3. The highest BCUT2D eigenvalue weighted by Gasteiger charge is 2.56. The van der Waals surface area contributed by atoms with Gasteiger partial charge in [-0.15, -0.1) is 0 Å². The number of hydrogen-bond acceptors (Lipinski definition) is 3. The third-order valence-electron chi connectivity index (χ3n) is 5.58. The molecule has 0 aliphatic heterocycles. The lowest BCUT2D eigenvalue weighted by molar-refractivity contribution is -0.152. The zero-order valence-electron chi connectivity index (χ0n) is 11.6. The van der Waals surface area contributed by atoms with E-state index in [2.05, 4.69) is 13.5 Å². The SMILES string of the molecule is C=C1CCC[C@]2(C)CC[C@@H]([C@](C)(O)CO)C[C@@]12O. The van der Waals surface area contributed by atoms with Crippen molar-refractivity contribution in [3.63, 3.8) is 0 Å². The van der Waals surface area contributed by atoms with Gasteiger partial charge < -0.3 is 15.3 Å². The zero-order chi connectivity index (χ0) is 13.6. The third kappa shape index (κ3) is 1.93. The van der Waals surface area contributed by atoms with Crippen LogP contribution in [0.2, 0.25) is 0 Å². The van der Waals surface area contributed by atoms with Gasteiger partial charge in [0.2, 0.25) is 0 Å². The predicted molar refractivity (Wildman–Crippen MR) is 71.1 cm³/mol. The number of hydrogen-bond donors (Lipinski definition) is 3. The molecule has 0 amide bonds. The van der Waals surface area contributed by atoms with Gasteiger partial charge in [-0.1, -0.05) is 13.5 Å². The molecule has 0 spiro atoms. The van der Waals surface area contributed by atoms with E-state index in [9.17, 15) is 15.3 Å². The molecule has 2 aliphatic carbocycles. The Morgan fingerprint density at radius 1 is 1.44 bits per heavy atom. The van der Waals surface area contributed by atoms with Crippen molar-refractivity contribution in [1.82, 2.24) is 0 Å². The maximum absolute atomic E-state index is 11.1. The Morgan fingerprint density at radius 2 is 2.11 bits per heavy atom. The van der Waals surface area contributed by atoms with Gasteiger partial charge in [-0.3, -0.25) is 0 Å². The van der Waals surface area contributed by atoms with Gasteiger partial charge in [-0.05, 0) is 56.9 Å². The van der Waals surface area contributed by atoms with Gasteiger partial charge in [0.05, 0.1) is 17.8 Å². The molecule has 0 aromatic carbocycles. The normalized spacial score (nSPS) is 44.3. The molecule has 18 heavy (non-hydrogen) atoms. The largest absolute Gasteiger partial charge is 0.393 e. The van der Waals surface area contributed by atoms with Crippen LogP contribution in [0.5, 0.6) is 0 Å². The van der Waals surface area contributed by atoms with Crippen molar-refractivity contribution in [1.29, 1.82) is 0 Å². The molecule has 2 aliphatic rings. The molecule has 3 nitrogen and oxygen atoms in total. The highest BCUT2D eigenvalue weighted by molar-refractivity contribution is 5.24. The molecular formula is C15H26O3. The van der Waals surface area contributed by atoms with E-state index in [4.69, 9.17) is 0 Å². The van der Waals surface area contributed by atoms with Crippen LogP contribution >= 0.6 is 0 Å². The second-order valence-corrected chi connectivity index (χ2v) is 6.83. The second kappa shape index (κ2) is 4.32. The average Bonchev–Trinajstić information content (AvgIpc) is 2.31. The van der Waals surface area contributed by atoms with Gasteiger partial charge in [0.25, 0.3) is 0 Å². The molecule has 2 rings (SSSR count). The molecule has 2 saturated carbocycles. The third-order valence-corrected chi connectivity index (χ3v) is 5.58. The van der Waals surface area contributed by atoms with E-state index in [0.29, 0.717) is 6.42 Å². The number of aliphatic hydroxyl groups excluding tert-OH is 1. The van der Waals surface area contributed by atoms with E-state index in [1.807, 2.05) is 0 Å². The van der Waals surface area contributed by atoms with Crippen LogP contribution < -0.4 is 0 Å². The molecule has 0 radical (unpaired) electrons. The first-order valence-corrected chi connectivity index (χ1v) is 6.99. The fraction of sp³-hybridized carbons (Fsp3) is 0.867. The van der Waals surface area contributed by atoms with E-state index in [-0.39, 0.29) is 17.9 Å². The smallest absolute Gasteiger partial charge is 0.0911 e. The van der Waals surface area contributed by atoms with Crippen molar-refractivity contribution < 1.29 is 15.3 Å². The Kier molecular flexibility index (Phi) is 3.37. The zero-order valence-corrected chi connectivity index (χ0v) is 11.6. The molecule has 104 valence electrons. The molecule has 0 heterocycles. The van der Waals surface area contributed by atoms with E-state index >= 15 is 0 Å². The first kappa shape index (κ1) is 14.0. The Labute approximate surface area is 110 Å². The van der Waals surface area contributed by atoms with Crippen LogP contribution in [0.3, 0.4) is 0 Å². The van der Waals surface area contributed by atoms with Crippen molar-refractivity contribution in [2.45, 2.75) is 63.6 Å². The Balaban J connectivity index is 2.27. The van der Waals surface area contributed by atoms with E-state index < -0.39 is 11.2 Å². The minimum absolute atomic E-state index is 0.0598. The van der Waals surface area contributed by atoms with Gasteiger partial charge in [-0.25, -0.2) is 0 Å². The van der Waals surface area contributed by atoms with Gasteiger partial charge in [0.15, 0.2) is 0 Å².